The van der Waals surface area contributed by atoms with Crippen LogP contribution in [0.1, 0.15) is 25.7 Å². The summed E-state index contributed by atoms with van der Waals surface area (Å²) in [4.78, 5) is 0. The molecule has 3 nitrogen and oxygen atoms in total. The van der Waals surface area contributed by atoms with Crippen molar-refractivity contribution in [2.45, 2.75) is 103 Å². The molecule has 0 rings (SSSR count). The van der Waals surface area contributed by atoms with Crippen molar-refractivity contribution in [2.75, 3.05) is 0 Å². The first kappa shape index (κ1) is 25.0. The fraction of sp³-hybridized carbons (Fsp3) is 1.00. The number of unbranched alkanes of at least 4 members (excludes halogenated alkanes) is 3. The molecule has 0 aromatic heterocycles. The lowest BCUT2D eigenvalue weighted by Gasteiger charge is -2.30. The molecule has 0 aliphatic carbocycles. The predicted octanol–water partition coefficient (Wildman–Crippen LogP) is 5.68. The van der Waals surface area contributed by atoms with Crippen molar-refractivity contribution in [1.29, 1.82) is 0 Å². The van der Waals surface area contributed by atoms with Gasteiger partial charge in [0.2, 0.25) is 0 Å². The highest BCUT2D eigenvalue weighted by Crippen LogP contribution is 2.21. The van der Waals surface area contributed by atoms with Crippen LogP contribution in [0.5, 0.6) is 0 Å². The van der Waals surface area contributed by atoms with Gasteiger partial charge in [0.05, 0.1) is 0 Å². The van der Waals surface area contributed by atoms with E-state index in [1.54, 1.807) is 0 Å². The van der Waals surface area contributed by atoms with Gasteiger partial charge >= 0.3 is 0 Å². The molecule has 0 N–H and O–H groups in total. The highest BCUT2D eigenvalue weighted by molar-refractivity contribution is 6.81. The van der Waals surface area contributed by atoms with Crippen molar-refractivity contribution in [2.24, 2.45) is 0 Å². The second-order valence-corrected chi connectivity index (χ2v) is 27.8. The van der Waals surface area contributed by atoms with Crippen molar-refractivity contribution >= 4 is 43.3 Å². The molecule has 0 saturated heterocycles. The summed E-state index contributed by atoms with van der Waals surface area (Å²) in [6.07, 6.45) is 5.35. The van der Waals surface area contributed by atoms with Gasteiger partial charge in [-0.1, -0.05) is 25.7 Å². The molecule has 1 unspecified atom stereocenters. The molecular formula is C16H44O3Si5. The Bertz CT molecular complexity index is 343. The SMILES string of the molecule is C[SiH](C)O[Si](C)(C)CCCCCC[Si](C)(C)O[SiH](C)O[Si](C)(C)C. The predicted molar refractivity (Wildman–Crippen MR) is 122 cm³/mol. The Kier molecular flexibility index (Phi) is 11.4. The maximum atomic E-state index is 6.40. The molecule has 8 heteroatoms. The fourth-order valence-electron chi connectivity index (χ4n) is 3.18. The molecule has 0 aromatic carbocycles. The van der Waals surface area contributed by atoms with Crippen molar-refractivity contribution in [3.05, 3.63) is 0 Å². The lowest BCUT2D eigenvalue weighted by molar-refractivity contribution is 0.422. The van der Waals surface area contributed by atoms with E-state index in [1.807, 2.05) is 0 Å². The molecule has 0 spiro atoms. The van der Waals surface area contributed by atoms with E-state index in [-0.39, 0.29) is 0 Å². The van der Waals surface area contributed by atoms with Gasteiger partial charge in [0.15, 0.2) is 34.0 Å². The van der Waals surface area contributed by atoms with E-state index in [0.29, 0.717) is 0 Å². The molecule has 0 fully saturated rings. The van der Waals surface area contributed by atoms with Crippen LogP contribution in [0.3, 0.4) is 0 Å². The maximum absolute atomic E-state index is 6.40. The molecule has 24 heavy (non-hydrogen) atoms. The third kappa shape index (κ3) is 15.2. The van der Waals surface area contributed by atoms with Gasteiger partial charge in [-0.3, -0.25) is 0 Å². The third-order valence-corrected chi connectivity index (χ3v) is 19.5. The fourth-order valence-corrected chi connectivity index (χ4v) is 19.6. The Balaban J connectivity index is 3.90. The van der Waals surface area contributed by atoms with Gasteiger partial charge in [-0.2, -0.15) is 0 Å². The summed E-state index contributed by atoms with van der Waals surface area (Å²) in [6, 6.07) is 2.60. The van der Waals surface area contributed by atoms with Crippen molar-refractivity contribution in [3.63, 3.8) is 0 Å². The van der Waals surface area contributed by atoms with E-state index in [9.17, 15) is 0 Å². The number of hydrogen-bond donors (Lipinski definition) is 0. The standard InChI is InChI=1S/C16H44O3Si5/c1-20(2)17-23(7,8)15-13-11-12-14-16-24(9,10)19-21(3)18-22(4,5)6/h20-21H,11-16H2,1-10H3. The summed E-state index contributed by atoms with van der Waals surface area (Å²) in [5, 5.41) is 0. The molecule has 0 amide bonds. The number of hydrogen-bond acceptors (Lipinski definition) is 3. The lowest BCUT2D eigenvalue weighted by Crippen LogP contribution is -2.42. The van der Waals surface area contributed by atoms with Gasteiger partial charge in [-0.05, 0) is 77.6 Å². The average Bonchev–Trinajstić information content (AvgIpc) is 2.28. The summed E-state index contributed by atoms with van der Waals surface area (Å²) in [6.45, 7) is 23.0. The second-order valence-electron chi connectivity index (χ2n) is 9.52. The third-order valence-electron chi connectivity index (χ3n) is 3.87. The van der Waals surface area contributed by atoms with E-state index < -0.39 is 43.3 Å². The Morgan fingerprint density at radius 1 is 0.583 bits per heavy atom. The molecule has 0 aliphatic heterocycles. The maximum Gasteiger partial charge on any atom is 0.297 e. The van der Waals surface area contributed by atoms with E-state index in [0.717, 1.165) is 0 Å². The Morgan fingerprint density at radius 3 is 1.38 bits per heavy atom. The molecular weight excluding hydrogens is 381 g/mol. The van der Waals surface area contributed by atoms with Crippen LogP contribution in [0, 0.1) is 0 Å². The minimum atomic E-state index is -1.54. The minimum Gasteiger partial charge on any atom is -0.458 e. The summed E-state index contributed by atoms with van der Waals surface area (Å²) in [7, 11) is -6.66. The van der Waals surface area contributed by atoms with Crippen LogP contribution < -0.4 is 0 Å². The van der Waals surface area contributed by atoms with Gasteiger partial charge in [0.25, 0.3) is 9.28 Å². The zero-order valence-electron chi connectivity index (χ0n) is 18.1. The van der Waals surface area contributed by atoms with Crippen molar-refractivity contribution in [3.8, 4) is 0 Å². The zero-order chi connectivity index (χ0) is 19.0. The van der Waals surface area contributed by atoms with Crippen LogP contribution in [-0.4, -0.2) is 43.3 Å². The zero-order valence-corrected chi connectivity index (χ0v) is 23.4. The van der Waals surface area contributed by atoms with Crippen LogP contribution in [-0.2, 0) is 12.3 Å². The molecule has 0 aromatic rings. The van der Waals surface area contributed by atoms with Crippen LogP contribution in [0.4, 0.5) is 0 Å². The second kappa shape index (κ2) is 11.0. The molecule has 146 valence electrons. The van der Waals surface area contributed by atoms with E-state index >= 15 is 0 Å². The Labute approximate surface area is 158 Å². The van der Waals surface area contributed by atoms with E-state index in [4.69, 9.17) is 12.3 Å². The van der Waals surface area contributed by atoms with Crippen LogP contribution in [0.25, 0.3) is 0 Å². The first-order valence-electron chi connectivity index (χ1n) is 9.76. The smallest absolute Gasteiger partial charge is 0.297 e. The normalized spacial score (nSPS) is 15.1. The highest BCUT2D eigenvalue weighted by atomic mass is 28.4. The van der Waals surface area contributed by atoms with Crippen LogP contribution in [0.2, 0.25) is 77.6 Å². The minimum absolute atomic E-state index is 0.868. The monoisotopic (exact) mass is 424 g/mol. The van der Waals surface area contributed by atoms with E-state index in [2.05, 4.69) is 65.5 Å². The average molecular weight is 425 g/mol. The molecule has 0 bridgehead atoms. The quantitative estimate of drug-likeness (QED) is 0.281. The van der Waals surface area contributed by atoms with Crippen molar-refractivity contribution < 1.29 is 12.3 Å². The summed E-state index contributed by atoms with van der Waals surface area (Å²) < 4.78 is 18.8. The molecule has 1 atom stereocenters. The summed E-state index contributed by atoms with van der Waals surface area (Å²) >= 11 is 0. The molecule has 0 aliphatic rings. The number of rotatable bonds is 13. The van der Waals surface area contributed by atoms with Crippen molar-refractivity contribution in [1.82, 2.24) is 0 Å². The van der Waals surface area contributed by atoms with Crippen LogP contribution >= 0.6 is 0 Å². The lowest BCUT2D eigenvalue weighted by atomic mass is 10.2. The summed E-state index contributed by atoms with van der Waals surface area (Å²) in [5.74, 6) is 0. The van der Waals surface area contributed by atoms with Crippen LogP contribution in [0.15, 0.2) is 0 Å². The first-order chi connectivity index (χ1) is 10.7. The largest absolute Gasteiger partial charge is 0.458 e. The molecule has 0 saturated carbocycles. The summed E-state index contributed by atoms with van der Waals surface area (Å²) in [5.41, 5.74) is 0. The van der Waals surface area contributed by atoms with Gasteiger partial charge in [0.1, 0.15) is 0 Å². The van der Waals surface area contributed by atoms with E-state index in [1.165, 1.54) is 37.8 Å². The topological polar surface area (TPSA) is 27.7 Å². The van der Waals surface area contributed by atoms with Gasteiger partial charge < -0.3 is 12.3 Å². The first-order valence-corrected chi connectivity index (χ1v) is 24.3. The molecule has 0 heterocycles. The molecule has 0 radical (unpaired) electrons. The van der Waals surface area contributed by atoms with Gasteiger partial charge in [-0.25, -0.2) is 0 Å². The highest BCUT2D eigenvalue weighted by Gasteiger charge is 2.28. The van der Waals surface area contributed by atoms with Gasteiger partial charge in [0, 0.05) is 0 Å². The Morgan fingerprint density at radius 2 is 1.00 bits per heavy atom. The van der Waals surface area contributed by atoms with Gasteiger partial charge in [-0.15, -0.1) is 0 Å². The Hall–Kier alpha value is 0.964.